The molecule has 11 nitrogen and oxygen atoms in total. The summed E-state index contributed by atoms with van der Waals surface area (Å²) in [5.41, 5.74) is 2.12. The molecular weight excluding hydrogens is 554 g/mol. The minimum Gasteiger partial charge on any atom is -0.495 e. The lowest BCUT2D eigenvalue weighted by atomic mass is 10.2. The van der Waals surface area contributed by atoms with Crippen molar-refractivity contribution in [2.75, 3.05) is 28.0 Å². The Morgan fingerprint density at radius 1 is 0.850 bits per heavy atom. The monoisotopic (exact) mass is 581 g/mol. The van der Waals surface area contributed by atoms with E-state index in [1.807, 2.05) is 6.92 Å². The summed E-state index contributed by atoms with van der Waals surface area (Å²) in [5.74, 6) is -0.453. The molecule has 3 aromatic carbocycles. The first-order chi connectivity index (χ1) is 19.0. The van der Waals surface area contributed by atoms with Crippen molar-refractivity contribution < 1.29 is 26.4 Å². The summed E-state index contributed by atoms with van der Waals surface area (Å²) in [5, 5.41) is 2.63. The van der Waals surface area contributed by atoms with Gasteiger partial charge in [-0.2, -0.15) is 0 Å². The Morgan fingerprint density at radius 3 is 2.08 bits per heavy atom. The Balaban J connectivity index is 1.59. The lowest BCUT2D eigenvalue weighted by Crippen LogP contribution is -2.38. The molecule has 0 fully saturated rings. The second kappa shape index (κ2) is 11.7. The molecule has 0 radical (unpaired) electrons. The summed E-state index contributed by atoms with van der Waals surface area (Å²) in [6.07, 6.45) is 2.80. The van der Waals surface area contributed by atoms with Crippen LogP contribution in [-0.4, -0.2) is 46.4 Å². The second-order valence-corrected chi connectivity index (χ2v) is 12.3. The molecule has 4 aromatic rings. The van der Waals surface area contributed by atoms with E-state index in [1.165, 1.54) is 55.9 Å². The number of rotatable bonds is 10. The van der Waals surface area contributed by atoms with Crippen LogP contribution in [0.1, 0.15) is 11.1 Å². The molecule has 0 spiro atoms. The molecule has 1 heterocycles. The van der Waals surface area contributed by atoms with Crippen LogP contribution in [0.5, 0.6) is 5.75 Å². The van der Waals surface area contributed by atoms with Crippen molar-refractivity contribution in [2.24, 2.45) is 0 Å². The van der Waals surface area contributed by atoms with Gasteiger partial charge >= 0.3 is 0 Å². The zero-order valence-electron chi connectivity index (χ0n) is 21.9. The van der Waals surface area contributed by atoms with Gasteiger partial charge < -0.3 is 10.1 Å². The molecule has 208 valence electrons. The van der Waals surface area contributed by atoms with E-state index >= 15 is 0 Å². The summed E-state index contributed by atoms with van der Waals surface area (Å²) in [7, 11) is -6.72. The maximum absolute atomic E-state index is 13.7. The van der Waals surface area contributed by atoms with E-state index in [9.17, 15) is 21.6 Å². The van der Waals surface area contributed by atoms with E-state index in [-0.39, 0.29) is 32.9 Å². The van der Waals surface area contributed by atoms with Crippen LogP contribution in [0, 0.1) is 13.8 Å². The summed E-state index contributed by atoms with van der Waals surface area (Å²) in [4.78, 5) is 20.7. The third-order valence-electron chi connectivity index (χ3n) is 5.74. The number of ether oxygens (including phenoxy) is 1. The fraction of sp³-hybridized carbons (Fsp3) is 0.148. The summed E-state index contributed by atoms with van der Waals surface area (Å²) < 4.78 is 61.4. The predicted molar refractivity (Wildman–Crippen MR) is 151 cm³/mol. The van der Waals surface area contributed by atoms with Crippen LogP contribution in [0.2, 0.25) is 0 Å². The van der Waals surface area contributed by atoms with E-state index in [0.717, 1.165) is 15.4 Å². The quantitative estimate of drug-likeness (QED) is 0.288. The molecule has 2 N–H and O–H groups in total. The Hall–Kier alpha value is -4.49. The van der Waals surface area contributed by atoms with Crippen LogP contribution >= 0.6 is 0 Å². The highest BCUT2D eigenvalue weighted by Crippen LogP contribution is 2.33. The van der Waals surface area contributed by atoms with Gasteiger partial charge in [-0.05, 0) is 74.0 Å². The van der Waals surface area contributed by atoms with Crippen molar-refractivity contribution in [1.29, 1.82) is 0 Å². The van der Waals surface area contributed by atoms with Crippen molar-refractivity contribution in [1.82, 2.24) is 9.97 Å². The highest BCUT2D eigenvalue weighted by atomic mass is 32.2. The first-order valence-electron chi connectivity index (χ1n) is 11.9. The molecule has 0 saturated heterocycles. The molecule has 4 rings (SSSR count). The smallest absolute Gasteiger partial charge is 0.264 e. The van der Waals surface area contributed by atoms with E-state index in [4.69, 9.17) is 4.74 Å². The highest BCUT2D eigenvalue weighted by molar-refractivity contribution is 7.93. The molecule has 0 aliphatic carbocycles. The fourth-order valence-corrected chi connectivity index (χ4v) is 6.09. The van der Waals surface area contributed by atoms with Crippen molar-refractivity contribution in [2.45, 2.75) is 23.6 Å². The number of aryl methyl sites for hydroxylation is 2. The summed E-state index contributed by atoms with van der Waals surface area (Å²) >= 11 is 0. The van der Waals surface area contributed by atoms with Crippen LogP contribution in [-0.2, 0) is 24.8 Å². The molecular formula is C27H27N5O6S2. The predicted octanol–water partition coefficient (Wildman–Crippen LogP) is 3.74. The third kappa shape index (κ3) is 6.55. The summed E-state index contributed by atoms with van der Waals surface area (Å²) in [6, 6.07) is 18.3. The minimum absolute atomic E-state index is 0.0129. The number of carbonyl (C=O) groups excluding carboxylic acids is 1. The number of aromatic nitrogens is 2. The van der Waals surface area contributed by atoms with Crippen LogP contribution in [0.15, 0.2) is 95.0 Å². The molecule has 0 aliphatic rings. The van der Waals surface area contributed by atoms with Gasteiger partial charge in [-0.15, -0.1) is 0 Å². The SMILES string of the molecule is COc1ccc(C)cc1N(CC(=O)Nc1ccc(S(=O)(=O)Nc2ncccn2)cc1)S(=O)(=O)c1ccc(C)cc1. The molecule has 0 unspecified atom stereocenters. The number of carbonyl (C=O) groups is 1. The number of benzene rings is 3. The van der Waals surface area contributed by atoms with Crippen LogP contribution in [0.3, 0.4) is 0 Å². The van der Waals surface area contributed by atoms with E-state index < -0.39 is 32.5 Å². The number of hydrogen-bond acceptors (Lipinski definition) is 8. The number of sulfonamides is 2. The number of hydrogen-bond donors (Lipinski definition) is 2. The zero-order valence-corrected chi connectivity index (χ0v) is 23.5. The van der Waals surface area contributed by atoms with Crippen LogP contribution in [0.4, 0.5) is 17.3 Å². The third-order valence-corrected chi connectivity index (χ3v) is 8.86. The van der Waals surface area contributed by atoms with E-state index in [2.05, 4.69) is 20.0 Å². The molecule has 1 aromatic heterocycles. The van der Waals surface area contributed by atoms with Gasteiger partial charge in [0, 0.05) is 18.1 Å². The zero-order chi connectivity index (χ0) is 28.9. The lowest BCUT2D eigenvalue weighted by molar-refractivity contribution is -0.114. The maximum Gasteiger partial charge on any atom is 0.264 e. The van der Waals surface area contributed by atoms with Gasteiger partial charge in [-0.25, -0.2) is 31.5 Å². The van der Waals surface area contributed by atoms with E-state index in [0.29, 0.717) is 0 Å². The second-order valence-electron chi connectivity index (χ2n) is 8.75. The Kier molecular flexibility index (Phi) is 8.35. The van der Waals surface area contributed by atoms with E-state index in [1.54, 1.807) is 43.3 Å². The van der Waals surface area contributed by atoms with Gasteiger partial charge in [0.25, 0.3) is 20.0 Å². The highest BCUT2D eigenvalue weighted by Gasteiger charge is 2.29. The molecule has 0 saturated carbocycles. The van der Waals surface area contributed by atoms with Crippen molar-refractivity contribution in [3.63, 3.8) is 0 Å². The number of nitrogens with zero attached hydrogens (tertiary/aromatic N) is 3. The standard InChI is InChI=1S/C27H27N5O6S2/c1-19-5-10-23(11-6-19)40(36,37)32(24-17-20(2)7-14-25(24)38-3)18-26(33)30-21-8-12-22(13-9-21)39(34,35)31-27-28-15-4-16-29-27/h4-17H,18H2,1-3H3,(H,30,33)(H,28,29,31). The summed E-state index contributed by atoms with van der Waals surface area (Å²) in [6.45, 7) is 3.07. The number of nitrogens with one attached hydrogen (secondary N) is 2. The Bertz CT molecular complexity index is 1710. The van der Waals surface area contributed by atoms with Gasteiger partial charge in [-0.1, -0.05) is 23.8 Å². The molecule has 40 heavy (non-hydrogen) atoms. The van der Waals surface area contributed by atoms with Crippen molar-refractivity contribution in [3.8, 4) is 5.75 Å². The lowest BCUT2D eigenvalue weighted by Gasteiger charge is -2.26. The van der Waals surface area contributed by atoms with Crippen molar-refractivity contribution in [3.05, 3.63) is 96.3 Å². The normalized spacial score (nSPS) is 11.5. The molecule has 0 bridgehead atoms. The fourth-order valence-electron chi connectivity index (χ4n) is 3.71. The average Bonchev–Trinajstić information content (AvgIpc) is 2.92. The maximum atomic E-state index is 13.7. The van der Waals surface area contributed by atoms with Gasteiger partial charge in [0.05, 0.1) is 22.6 Å². The average molecular weight is 582 g/mol. The van der Waals surface area contributed by atoms with Gasteiger partial charge in [0.15, 0.2) is 0 Å². The first kappa shape index (κ1) is 28.5. The minimum atomic E-state index is -4.17. The number of amides is 1. The van der Waals surface area contributed by atoms with Crippen molar-refractivity contribution >= 4 is 43.3 Å². The Labute approximate surface area is 233 Å². The topological polar surface area (TPSA) is 148 Å². The molecule has 13 heteroatoms. The first-order valence-corrected chi connectivity index (χ1v) is 14.9. The Morgan fingerprint density at radius 2 is 1.45 bits per heavy atom. The van der Waals surface area contributed by atoms with Gasteiger partial charge in [0.1, 0.15) is 12.3 Å². The van der Waals surface area contributed by atoms with Crippen LogP contribution < -0.4 is 19.1 Å². The number of anilines is 3. The molecule has 0 aliphatic heterocycles. The van der Waals surface area contributed by atoms with Gasteiger partial charge in [0.2, 0.25) is 11.9 Å². The largest absolute Gasteiger partial charge is 0.495 e. The van der Waals surface area contributed by atoms with Crippen LogP contribution in [0.25, 0.3) is 0 Å². The van der Waals surface area contributed by atoms with Gasteiger partial charge in [-0.3, -0.25) is 9.10 Å². The molecule has 1 amide bonds. The number of methoxy groups -OCH3 is 1. The molecule has 0 atom stereocenters.